The third kappa shape index (κ3) is 2.56. The van der Waals surface area contributed by atoms with Crippen LogP contribution >= 0.6 is 0 Å². The maximum atomic E-state index is 10.9. The lowest BCUT2D eigenvalue weighted by Crippen LogP contribution is -2.05. The standard InChI is InChI=1S/C11H13NO4/c1-3-10(14)16-6-8-4-12-7(2)11(15)9(8)5-13/h4-5,15H,3,6H2,1-2H3. The van der Waals surface area contributed by atoms with Gasteiger partial charge in [-0.2, -0.15) is 0 Å². The molecular formula is C11H13NO4. The summed E-state index contributed by atoms with van der Waals surface area (Å²) in [5.74, 6) is -0.531. The zero-order valence-electron chi connectivity index (χ0n) is 9.19. The number of carbonyl (C=O) groups is 2. The molecule has 0 aliphatic rings. The van der Waals surface area contributed by atoms with Gasteiger partial charge < -0.3 is 9.84 Å². The van der Waals surface area contributed by atoms with E-state index in [2.05, 4.69) is 4.98 Å². The topological polar surface area (TPSA) is 76.5 Å². The molecule has 0 saturated heterocycles. The quantitative estimate of drug-likeness (QED) is 0.616. The normalized spacial score (nSPS) is 9.88. The second kappa shape index (κ2) is 5.25. The van der Waals surface area contributed by atoms with E-state index in [1.165, 1.54) is 6.20 Å². The van der Waals surface area contributed by atoms with Crippen molar-refractivity contribution >= 4 is 12.3 Å². The van der Waals surface area contributed by atoms with Crippen molar-refractivity contribution < 1.29 is 19.4 Å². The Balaban J connectivity index is 2.92. The molecule has 1 heterocycles. The fourth-order valence-electron chi connectivity index (χ4n) is 1.16. The van der Waals surface area contributed by atoms with Gasteiger partial charge in [-0.15, -0.1) is 0 Å². The summed E-state index contributed by atoms with van der Waals surface area (Å²) < 4.78 is 4.87. The first kappa shape index (κ1) is 12.2. The molecule has 5 heteroatoms. The van der Waals surface area contributed by atoms with Crippen molar-refractivity contribution in [3.63, 3.8) is 0 Å². The molecule has 1 aromatic rings. The van der Waals surface area contributed by atoms with Crippen LogP contribution in [0, 0.1) is 6.92 Å². The summed E-state index contributed by atoms with van der Waals surface area (Å²) in [6.07, 6.45) is 2.21. The molecule has 0 aliphatic heterocycles. The first-order valence-corrected chi connectivity index (χ1v) is 4.88. The molecule has 0 unspecified atom stereocenters. The van der Waals surface area contributed by atoms with Gasteiger partial charge in [-0.3, -0.25) is 14.6 Å². The highest BCUT2D eigenvalue weighted by Crippen LogP contribution is 2.22. The Hall–Kier alpha value is -1.91. The Morgan fingerprint density at radius 2 is 2.31 bits per heavy atom. The minimum atomic E-state index is -0.364. The number of ether oxygens (including phenoxy) is 1. The van der Waals surface area contributed by atoms with Gasteiger partial charge in [0, 0.05) is 18.2 Å². The van der Waals surface area contributed by atoms with E-state index in [0.29, 0.717) is 17.5 Å². The Morgan fingerprint density at radius 3 is 2.88 bits per heavy atom. The summed E-state index contributed by atoms with van der Waals surface area (Å²) in [7, 11) is 0. The van der Waals surface area contributed by atoms with E-state index in [0.717, 1.165) is 0 Å². The fraction of sp³-hybridized carbons (Fsp3) is 0.364. The van der Waals surface area contributed by atoms with Gasteiger partial charge in [0.1, 0.15) is 12.4 Å². The summed E-state index contributed by atoms with van der Waals surface area (Å²) in [4.78, 5) is 25.6. The predicted molar refractivity (Wildman–Crippen MR) is 56.1 cm³/mol. The van der Waals surface area contributed by atoms with Crippen molar-refractivity contribution in [1.82, 2.24) is 4.98 Å². The van der Waals surface area contributed by atoms with Crippen LogP contribution in [0.25, 0.3) is 0 Å². The highest BCUT2D eigenvalue weighted by atomic mass is 16.5. The number of hydrogen-bond acceptors (Lipinski definition) is 5. The molecule has 0 aromatic carbocycles. The number of aromatic hydroxyl groups is 1. The number of pyridine rings is 1. The summed E-state index contributed by atoms with van der Waals surface area (Å²) >= 11 is 0. The molecule has 0 bridgehead atoms. The number of esters is 1. The Labute approximate surface area is 93.1 Å². The van der Waals surface area contributed by atoms with Gasteiger partial charge in [0.05, 0.1) is 11.3 Å². The SMILES string of the molecule is CCC(=O)OCc1cnc(C)c(O)c1C=O. The van der Waals surface area contributed by atoms with Gasteiger partial charge in [0.25, 0.3) is 0 Å². The maximum absolute atomic E-state index is 10.9. The summed E-state index contributed by atoms with van der Waals surface area (Å²) in [6.45, 7) is 3.21. The van der Waals surface area contributed by atoms with E-state index in [9.17, 15) is 14.7 Å². The lowest BCUT2D eigenvalue weighted by atomic mass is 10.1. The molecule has 16 heavy (non-hydrogen) atoms. The van der Waals surface area contributed by atoms with Gasteiger partial charge >= 0.3 is 5.97 Å². The van der Waals surface area contributed by atoms with Crippen LogP contribution in [-0.2, 0) is 16.1 Å². The predicted octanol–water partition coefficient (Wildman–Crippen LogP) is 1.36. The number of aromatic nitrogens is 1. The second-order valence-corrected chi connectivity index (χ2v) is 3.26. The van der Waals surface area contributed by atoms with Crippen LogP contribution in [0.15, 0.2) is 6.20 Å². The smallest absolute Gasteiger partial charge is 0.305 e. The number of aldehydes is 1. The zero-order chi connectivity index (χ0) is 12.1. The van der Waals surface area contributed by atoms with E-state index in [4.69, 9.17) is 4.74 Å². The average molecular weight is 223 g/mol. The van der Waals surface area contributed by atoms with Crippen molar-refractivity contribution in [3.05, 3.63) is 23.0 Å². The molecule has 0 amide bonds. The van der Waals surface area contributed by atoms with Crippen LogP contribution < -0.4 is 0 Å². The molecule has 1 aromatic heterocycles. The molecule has 0 saturated carbocycles. The summed E-state index contributed by atoms with van der Waals surface area (Å²) in [5, 5.41) is 9.57. The number of rotatable bonds is 4. The van der Waals surface area contributed by atoms with Crippen molar-refractivity contribution in [2.75, 3.05) is 0 Å². The van der Waals surface area contributed by atoms with Gasteiger partial charge in [-0.25, -0.2) is 0 Å². The van der Waals surface area contributed by atoms with Crippen molar-refractivity contribution in [3.8, 4) is 5.75 Å². The molecule has 0 spiro atoms. The fourth-order valence-corrected chi connectivity index (χ4v) is 1.16. The van der Waals surface area contributed by atoms with E-state index < -0.39 is 0 Å². The molecule has 0 aliphatic carbocycles. The third-order valence-electron chi connectivity index (χ3n) is 2.15. The Kier molecular flexibility index (Phi) is 3.99. The van der Waals surface area contributed by atoms with Crippen molar-refractivity contribution in [2.45, 2.75) is 26.9 Å². The highest BCUT2D eigenvalue weighted by Gasteiger charge is 2.12. The van der Waals surface area contributed by atoms with E-state index in [1.807, 2.05) is 0 Å². The minimum Gasteiger partial charge on any atom is -0.505 e. The number of hydrogen-bond donors (Lipinski definition) is 1. The monoisotopic (exact) mass is 223 g/mol. The maximum Gasteiger partial charge on any atom is 0.305 e. The molecule has 1 N–H and O–H groups in total. The van der Waals surface area contributed by atoms with Crippen LogP contribution in [0.1, 0.15) is 35.0 Å². The molecule has 0 fully saturated rings. The van der Waals surface area contributed by atoms with Crippen LogP contribution in [-0.4, -0.2) is 22.3 Å². The first-order chi connectivity index (χ1) is 7.60. The first-order valence-electron chi connectivity index (χ1n) is 4.88. The van der Waals surface area contributed by atoms with Gasteiger partial charge in [-0.1, -0.05) is 6.92 Å². The van der Waals surface area contributed by atoms with Gasteiger partial charge in [0.15, 0.2) is 6.29 Å². The molecule has 0 radical (unpaired) electrons. The highest BCUT2D eigenvalue weighted by molar-refractivity contribution is 5.81. The molecule has 5 nitrogen and oxygen atoms in total. The second-order valence-electron chi connectivity index (χ2n) is 3.26. The number of nitrogens with zero attached hydrogens (tertiary/aromatic N) is 1. The minimum absolute atomic E-state index is 0.0540. The molecule has 0 atom stereocenters. The lowest BCUT2D eigenvalue weighted by molar-refractivity contribution is -0.144. The van der Waals surface area contributed by atoms with Crippen LogP contribution in [0.3, 0.4) is 0 Å². The van der Waals surface area contributed by atoms with Crippen LogP contribution in [0.5, 0.6) is 5.75 Å². The molecular weight excluding hydrogens is 210 g/mol. The average Bonchev–Trinajstić information content (AvgIpc) is 2.30. The molecule has 1 rings (SSSR count). The lowest BCUT2D eigenvalue weighted by Gasteiger charge is -2.08. The van der Waals surface area contributed by atoms with Gasteiger partial charge in [-0.05, 0) is 6.92 Å². The van der Waals surface area contributed by atoms with Crippen LogP contribution in [0.2, 0.25) is 0 Å². The van der Waals surface area contributed by atoms with E-state index in [1.54, 1.807) is 13.8 Å². The van der Waals surface area contributed by atoms with E-state index >= 15 is 0 Å². The van der Waals surface area contributed by atoms with Crippen LogP contribution in [0.4, 0.5) is 0 Å². The van der Waals surface area contributed by atoms with E-state index in [-0.39, 0.29) is 30.3 Å². The number of aryl methyl sites for hydroxylation is 1. The van der Waals surface area contributed by atoms with Crippen molar-refractivity contribution in [2.24, 2.45) is 0 Å². The summed E-state index contributed by atoms with van der Waals surface area (Å²) in [6, 6.07) is 0. The zero-order valence-corrected chi connectivity index (χ0v) is 9.19. The Morgan fingerprint density at radius 1 is 1.62 bits per heavy atom. The Bertz CT molecular complexity index is 415. The summed E-state index contributed by atoms with van der Waals surface area (Å²) in [5.41, 5.74) is 0.893. The largest absolute Gasteiger partial charge is 0.505 e. The van der Waals surface area contributed by atoms with Gasteiger partial charge in [0.2, 0.25) is 0 Å². The molecule has 86 valence electrons. The van der Waals surface area contributed by atoms with Crippen molar-refractivity contribution in [1.29, 1.82) is 0 Å². The number of carbonyl (C=O) groups excluding carboxylic acids is 2. The third-order valence-corrected chi connectivity index (χ3v) is 2.15.